The van der Waals surface area contributed by atoms with E-state index in [2.05, 4.69) is 30.3 Å². The number of amides is 1. The molecule has 33 heavy (non-hydrogen) atoms. The van der Waals surface area contributed by atoms with Gasteiger partial charge in [-0.1, -0.05) is 6.07 Å². The van der Waals surface area contributed by atoms with E-state index in [1.165, 1.54) is 0 Å². The third-order valence-corrected chi connectivity index (χ3v) is 6.48. The first-order valence-electron chi connectivity index (χ1n) is 10.7. The average Bonchev–Trinajstić information content (AvgIpc) is 3.49. The molecule has 1 N–H and O–H groups in total. The lowest BCUT2D eigenvalue weighted by molar-refractivity contribution is 0.0735. The van der Waals surface area contributed by atoms with Gasteiger partial charge < -0.3 is 15.1 Å². The maximum atomic E-state index is 13.1. The van der Waals surface area contributed by atoms with Crippen molar-refractivity contribution >= 4 is 34.7 Å². The standard InChI is InChI=1S/C23H24N8OS/c1-16-5-6-24-20(12-16)27-21-14-22(26-15-25-21)30-7-9-31(10-8-30)23(32)18-13-17(28-29(18)2)19-4-3-11-33-19/h3-6,11-15H,7-10H2,1-2H3,(H,24,25,26,27). The van der Waals surface area contributed by atoms with Crippen LogP contribution in [0.3, 0.4) is 0 Å². The molecule has 0 bridgehead atoms. The van der Waals surface area contributed by atoms with Gasteiger partial charge in [0.05, 0.1) is 4.88 Å². The Kier molecular flexibility index (Phi) is 5.74. The Labute approximate surface area is 195 Å². The van der Waals surface area contributed by atoms with Gasteiger partial charge in [0.2, 0.25) is 0 Å². The molecular weight excluding hydrogens is 436 g/mol. The maximum Gasteiger partial charge on any atom is 0.272 e. The molecule has 0 aliphatic carbocycles. The Morgan fingerprint density at radius 3 is 2.61 bits per heavy atom. The van der Waals surface area contributed by atoms with Crippen molar-refractivity contribution in [3.05, 3.63) is 65.6 Å². The fraction of sp³-hybridized carbons (Fsp3) is 0.261. The van der Waals surface area contributed by atoms with Crippen LogP contribution in [-0.4, -0.2) is 61.7 Å². The number of hydrogen-bond acceptors (Lipinski definition) is 8. The molecule has 168 valence electrons. The molecule has 0 spiro atoms. The number of carbonyl (C=O) groups is 1. The maximum absolute atomic E-state index is 13.1. The summed E-state index contributed by atoms with van der Waals surface area (Å²) in [5, 5.41) is 9.76. The van der Waals surface area contributed by atoms with Gasteiger partial charge in [-0.3, -0.25) is 9.48 Å². The van der Waals surface area contributed by atoms with Gasteiger partial charge in [-0.05, 0) is 42.1 Å². The van der Waals surface area contributed by atoms with E-state index < -0.39 is 0 Å². The number of aromatic nitrogens is 5. The topological polar surface area (TPSA) is 92.1 Å². The molecule has 0 radical (unpaired) electrons. The van der Waals surface area contributed by atoms with E-state index in [-0.39, 0.29) is 5.91 Å². The summed E-state index contributed by atoms with van der Waals surface area (Å²) in [6.45, 7) is 4.64. The molecule has 0 saturated carbocycles. The van der Waals surface area contributed by atoms with Crippen molar-refractivity contribution in [2.75, 3.05) is 36.4 Å². The van der Waals surface area contributed by atoms with E-state index in [4.69, 9.17) is 0 Å². The fourth-order valence-electron chi connectivity index (χ4n) is 3.84. The first kappa shape index (κ1) is 21.1. The molecule has 1 aliphatic heterocycles. The normalized spacial score (nSPS) is 13.9. The largest absolute Gasteiger partial charge is 0.353 e. The Bertz CT molecular complexity index is 1260. The zero-order valence-electron chi connectivity index (χ0n) is 18.5. The fourth-order valence-corrected chi connectivity index (χ4v) is 4.52. The highest BCUT2D eigenvalue weighted by molar-refractivity contribution is 7.13. The first-order chi connectivity index (χ1) is 16.1. The first-order valence-corrected chi connectivity index (χ1v) is 11.6. The number of pyridine rings is 1. The van der Waals surface area contributed by atoms with Gasteiger partial charge >= 0.3 is 0 Å². The third kappa shape index (κ3) is 4.56. The number of aryl methyl sites for hydroxylation is 2. The lowest BCUT2D eigenvalue weighted by Gasteiger charge is -2.35. The van der Waals surface area contributed by atoms with Gasteiger partial charge in [-0.25, -0.2) is 15.0 Å². The number of anilines is 3. The van der Waals surface area contributed by atoms with Crippen molar-refractivity contribution in [2.24, 2.45) is 7.05 Å². The second kappa shape index (κ2) is 8.99. The van der Waals surface area contributed by atoms with Gasteiger partial charge in [0.15, 0.2) is 0 Å². The highest BCUT2D eigenvalue weighted by Crippen LogP contribution is 2.25. The van der Waals surface area contributed by atoms with Crippen LogP contribution in [0.25, 0.3) is 10.6 Å². The van der Waals surface area contributed by atoms with Gasteiger partial charge in [-0.15, -0.1) is 11.3 Å². The number of thiophene rings is 1. The van der Waals surface area contributed by atoms with E-state index in [0.29, 0.717) is 37.7 Å². The Hall–Kier alpha value is -3.79. The van der Waals surface area contributed by atoms with E-state index in [1.54, 1.807) is 28.5 Å². The summed E-state index contributed by atoms with van der Waals surface area (Å²) >= 11 is 1.62. The Balaban J connectivity index is 1.24. The minimum Gasteiger partial charge on any atom is -0.353 e. The van der Waals surface area contributed by atoms with Crippen molar-refractivity contribution in [2.45, 2.75) is 6.92 Å². The molecule has 1 aliphatic rings. The number of carbonyl (C=O) groups excluding carboxylic acids is 1. The second-order valence-electron chi connectivity index (χ2n) is 7.90. The summed E-state index contributed by atoms with van der Waals surface area (Å²) in [5.74, 6) is 2.26. The molecule has 10 heteroatoms. The third-order valence-electron chi connectivity index (χ3n) is 5.59. The summed E-state index contributed by atoms with van der Waals surface area (Å²) in [5.41, 5.74) is 2.56. The molecule has 0 atom stereocenters. The molecule has 4 aromatic heterocycles. The van der Waals surface area contributed by atoms with Crippen LogP contribution in [0.2, 0.25) is 0 Å². The zero-order valence-corrected chi connectivity index (χ0v) is 19.3. The summed E-state index contributed by atoms with van der Waals surface area (Å²) in [7, 11) is 1.82. The molecule has 1 amide bonds. The molecular formula is C23H24N8OS. The molecule has 0 unspecified atom stereocenters. The van der Waals surface area contributed by atoms with Crippen LogP contribution in [0, 0.1) is 6.92 Å². The zero-order chi connectivity index (χ0) is 22.8. The van der Waals surface area contributed by atoms with Crippen molar-refractivity contribution < 1.29 is 4.79 Å². The highest BCUT2D eigenvalue weighted by Gasteiger charge is 2.25. The predicted molar refractivity (Wildman–Crippen MR) is 129 cm³/mol. The van der Waals surface area contributed by atoms with Crippen molar-refractivity contribution in [1.29, 1.82) is 0 Å². The van der Waals surface area contributed by atoms with E-state index in [0.717, 1.165) is 27.8 Å². The molecule has 5 heterocycles. The molecule has 4 aromatic rings. The van der Waals surface area contributed by atoms with Gasteiger partial charge in [0.1, 0.15) is 35.2 Å². The van der Waals surface area contributed by atoms with E-state index >= 15 is 0 Å². The molecule has 9 nitrogen and oxygen atoms in total. The second-order valence-corrected chi connectivity index (χ2v) is 8.85. The van der Waals surface area contributed by atoms with Crippen LogP contribution in [-0.2, 0) is 7.05 Å². The lowest BCUT2D eigenvalue weighted by atomic mass is 10.2. The summed E-state index contributed by atoms with van der Waals surface area (Å²) in [4.78, 5) is 31.3. The summed E-state index contributed by atoms with van der Waals surface area (Å²) < 4.78 is 1.67. The number of hydrogen-bond donors (Lipinski definition) is 1. The minimum absolute atomic E-state index is 0.00280. The van der Waals surface area contributed by atoms with Gasteiger partial charge in [0, 0.05) is 45.5 Å². The predicted octanol–water partition coefficient (Wildman–Crippen LogP) is 3.35. The molecule has 1 fully saturated rings. The lowest BCUT2D eigenvalue weighted by Crippen LogP contribution is -2.49. The Morgan fingerprint density at radius 1 is 1.03 bits per heavy atom. The van der Waals surface area contributed by atoms with E-state index in [9.17, 15) is 4.79 Å². The SMILES string of the molecule is Cc1ccnc(Nc2cc(N3CCN(C(=O)c4cc(-c5cccs5)nn4C)CC3)ncn2)c1. The van der Waals surface area contributed by atoms with Crippen LogP contribution in [0.5, 0.6) is 0 Å². The number of nitrogens with zero attached hydrogens (tertiary/aromatic N) is 7. The van der Waals surface area contributed by atoms with Crippen molar-refractivity contribution in [3.8, 4) is 10.6 Å². The van der Waals surface area contributed by atoms with Gasteiger partial charge in [0.25, 0.3) is 5.91 Å². The monoisotopic (exact) mass is 460 g/mol. The molecule has 1 saturated heterocycles. The van der Waals surface area contributed by atoms with Crippen LogP contribution in [0.15, 0.2) is 54.3 Å². The molecule has 5 rings (SSSR count). The van der Waals surface area contributed by atoms with Crippen LogP contribution < -0.4 is 10.2 Å². The van der Waals surface area contributed by atoms with Crippen LogP contribution in [0.4, 0.5) is 17.5 Å². The van der Waals surface area contributed by atoms with Crippen molar-refractivity contribution in [1.82, 2.24) is 29.6 Å². The van der Waals surface area contributed by atoms with Crippen molar-refractivity contribution in [3.63, 3.8) is 0 Å². The van der Waals surface area contributed by atoms with Gasteiger partial charge in [-0.2, -0.15) is 5.10 Å². The van der Waals surface area contributed by atoms with Crippen LogP contribution in [0.1, 0.15) is 16.1 Å². The minimum atomic E-state index is 0.00280. The Morgan fingerprint density at radius 2 is 1.85 bits per heavy atom. The average molecular weight is 461 g/mol. The quantitative estimate of drug-likeness (QED) is 0.488. The molecule has 0 aromatic carbocycles. The van der Waals surface area contributed by atoms with Crippen LogP contribution >= 0.6 is 11.3 Å². The number of nitrogens with one attached hydrogen (secondary N) is 1. The van der Waals surface area contributed by atoms with E-state index in [1.807, 2.05) is 60.6 Å². The number of piperazine rings is 1. The smallest absolute Gasteiger partial charge is 0.272 e. The summed E-state index contributed by atoms with van der Waals surface area (Å²) in [6.07, 6.45) is 3.31. The highest BCUT2D eigenvalue weighted by atomic mass is 32.1. The number of rotatable bonds is 5. The summed E-state index contributed by atoms with van der Waals surface area (Å²) in [6, 6.07) is 11.7.